The molecule has 1 aliphatic rings. The number of anilines is 1. The summed E-state index contributed by atoms with van der Waals surface area (Å²) in [6.07, 6.45) is 6.91. The molecule has 0 heterocycles. The van der Waals surface area contributed by atoms with Crippen molar-refractivity contribution < 1.29 is 9.18 Å². The van der Waals surface area contributed by atoms with Crippen LogP contribution in [-0.2, 0) is 4.79 Å². The molecule has 1 aromatic rings. The molecule has 3 nitrogen and oxygen atoms in total. The lowest BCUT2D eigenvalue weighted by molar-refractivity contribution is -0.115. The van der Waals surface area contributed by atoms with Crippen LogP contribution in [0.4, 0.5) is 10.1 Å². The van der Waals surface area contributed by atoms with Gasteiger partial charge in [-0.25, -0.2) is 4.39 Å². The Hall–Kier alpha value is -1.07. The summed E-state index contributed by atoms with van der Waals surface area (Å²) in [5, 5.41) is 6.48. The Bertz CT molecular complexity index is 455. The molecule has 0 spiro atoms. The Balaban J connectivity index is 1.81. The van der Waals surface area contributed by atoms with E-state index in [-0.39, 0.29) is 18.1 Å². The summed E-state index contributed by atoms with van der Waals surface area (Å²) in [6, 6.07) is 6.60. The fourth-order valence-electron chi connectivity index (χ4n) is 2.59. The summed E-state index contributed by atoms with van der Waals surface area (Å²) < 4.78 is 13.4. The van der Waals surface area contributed by atoms with Gasteiger partial charge in [0.05, 0.1) is 12.2 Å². The van der Waals surface area contributed by atoms with Gasteiger partial charge in [-0.1, -0.05) is 25.0 Å². The number of carbonyl (C=O) groups is 1. The van der Waals surface area contributed by atoms with Crippen molar-refractivity contribution in [2.45, 2.75) is 37.0 Å². The van der Waals surface area contributed by atoms with E-state index in [1.165, 1.54) is 25.3 Å². The molecule has 0 aliphatic heterocycles. The van der Waals surface area contributed by atoms with E-state index < -0.39 is 5.82 Å². The van der Waals surface area contributed by atoms with E-state index in [4.69, 9.17) is 0 Å². The number of para-hydroxylation sites is 1. The van der Waals surface area contributed by atoms with Gasteiger partial charge in [0.2, 0.25) is 5.91 Å². The second-order valence-corrected chi connectivity index (χ2v) is 6.15. The summed E-state index contributed by atoms with van der Waals surface area (Å²) in [5.74, 6) is -0.596. The number of halogens is 1. The van der Waals surface area contributed by atoms with Gasteiger partial charge in [-0.2, -0.15) is 11.8 Å². The number of amides is 1. The third-order valence-corrected chi connectivity index (χ3v) is 4.85. The lowest BCUT2D eigenvalue weighted by atomic mass is 9.95. The lowest BCUT2D eigenvalue weighted by Gasteiger charge is -2.30. The minimum Gasteiger partial charge on any atom is -0.322 e. The summed E-state index contributed by atoms with van der Waals surface area (Å²) in [5.41, 5.74) is 0.240. The molecule has 5 heteroatoms. The standard InChI is InChI=1S/C15H21FN2OS/c1-20-14-9-5-4-8-13(14)17-10-15(19)18-12-7-3-2-6-11(12)16/h2-3,6-7,13-14,17H,4-5,8-10H2,1H3,(H,18,19). The third-order valence-electron chi connectivity index (χ3n) is 3.68. The van der Waals surface area contributed by atoms with E-state index in [9.17, 15) is 9.18 Å². The van der Waals surface area contributed by atoms with Gasteiger partial charge in [-0.15, -0.1) is 0 Å². The van der Waals surface area contributed by atoms with Crippen molar-refractivity contribution in [1.82, 2.24) is 5.32 Å². The van der Waals surface area contributed by atoms with Gasteiger partial charge in [0.25, 0.3) is 0 Å². The maximum Gasteiger partial charge on any atom is 0.238 e. The molecule has 1 aliphatic carbocycles. The second kappa shape index (κ2) is 7.64. The number of carbonyl (C=O) groups excluding carboxylic acids is 1. The molecule has 1 aromatic carbocycles. The second-order valence-electron chi connectivity index (χ2n) is 5.07. The quantitative estimate of drug-likeness (QED) is 0.877. The molecule has 2 N–H and O–H groups in total. The highest BCUT2D eigenvalue weighted by Crippen LogP contribution is 2.26. The SMILES string of the molecule is CSC1CCCCC1NCC(=O)Nc1ccccc1F. The molecule has 110 valence electrons. The third kappa shape index (κ3) is 4.21. The molecule has 1 saturated carbocycles. The van der Waals surface area contributed by atoms with Crippen LogP contribution in [0.15, 0.2) is 24.3 Å². The van der Waals surface area contributed by atoms with Crippen molar-refractivity contribution in [3.05, 3.63) is 30.1 Å². The maximum atomic E-state index is 13.4. The summed E-state index contributed by atoms with van der Waals surface area (Å²) in [7, 11) is 0. The highest BCUT2D eigenvalue weighted by Gasteiger charge is 2.24. The highest BCUT2D eigenvalue weighted by atomic mass is 32.2. The van der Waals surface area contributed by atoms with Crippen molar-refractivity contribution in [3.63, 3.8) is 0 Å². The van der Waals surface area contributed by atoms with E-state index in [0.717, 1.165) is 6.42 Å². The van der Waals surface area contributed by atoms with Crippen LogP contribution in [-0.4, -0.2) is 30.0 Å². The van der Waals surface area contributed by atoms with Crippen molar-refractivity contribution in [2.75, 3.05) is 18.1 Å². The first-order valence-electron chi connectivity index (χ1n) is 7.01. The van der Waals surface area contributed by atoms with Crippen molar-refractivity contribution >= 4 is 23.4 Å². The fraction of sp³-hybridized carbons (Fsp3) is 0.533. The van der Waals surface area contributed by atoms with Crippen LogP contribution in [0.25, 0.3) is 0 Å². The Morgan fingerprint density at radius 3 is 2.85 bits per heavy atom. The zero-order valence-corrected chi connectivity index (χ0v) is 12.5. The van der Waals surface area contributed by atoms with Crippen LogP contribution in [0.2, 0.25) is 0 Å². The summed E-state index contributed by atoms with van der Waals surface area (Å²) in [6.45, 7) is 0.232. The van der Waals surface area contributed by atoms with Gasteiger partial charge in [-0.3, -0.25) is 4.79 Å². The van der Waals surface area contributed by atoms with E-state index in [0.29, 0.717) is 11.3 Å². The van der Waals surface area contributed by atoms with Crippen LogP contribution in [0.3, 0.4) is 0 Å². The monoisotopic (exact) mass is 296 g/mol. The fourth-order valence-corrected chi connectivity index (χ4v) is 3.56. The molecular formula is C15H21FN2OS. The van der Waals surface area contributed by atoms with Gasteiger partial charge in [0.15, 0.2) is 0 Å². The normalized spacial score (nSPS) is 22.5. The van der Waals surface area contributed by atoms with E-state index in [1.807, 2.05) is 11.8 Å². The van der Waals surface area contributed by atoms with Crippen LogP contribution in [0.5, 0.6) is 0 Å². The Morgan fingerprint density at radius 1 is 1.35 bits per heavy atom. The van der Waals surface area contributed by atoms with Gasteiger partial charge in [0, 0.05) is 11.3 Å². The predicted molar refractivity (Wildman–Crippen MR) is 82.6 cm³/mol. The van der Waals surface area contributed by atoms with Crippen LogP contribution >= 0.6 is 11.8 Å². The first kappa shape index (κ1) is 15.3. The van der Waals surface area contributed by atoms with Gasteiger partial charge in [0.1, 0.15) is 5.82 Å². The first-order valence-corrected chi connectivity index (χ1v) is 8.30. The molecule has 0 bridgehead atoms. The largest absolute Gasteiger partial charge is 0.322 e. The minimum atomic E-state index is -0.402. The van der Waals surface area contributed by atoms with Crippen molar-refractivity contribution in [2.24, 2.45) is 0 Å². The number of benzene rings is 1. The zero-order chi connectivity index (χ0) is 14.4. The minimum absolute atomic E-state index is 0.194. The Morgan fingerprint density at radius 2 is 2.10 bits per heavy atom. The molecule has 1 fully saturated rings. The first-order chi connectivity index (χ1) is 9.70. The molecule has 0 radical (unpaired) electrons. The number of hydrogen-bond donors (Lipinski definition) is 2. The van der Waals surface area contributed by atoms with Crippen LogP contribution < -0.4 is 10.6 Å². The van der Waals surface area contributed by atoms with Crippen LogP contribution in [0, 0.1) is 5.82 Å². The maximum absolute atomic E-state index is 13.4. The number of thioether (sulfide) groups is 1. The van der Waals surface area contributed by atoms with Gasteiger partial charge >= 0.3 is 0 Å². The molecular weight excluding hydrogens is 275 g/mol. The molecule has 20 heavy (non-hydrogen) atoms. The molecule has 2 rings (SSSR count). The average molecular weight is 296 g/mol. The van der Waals surface area contributed by atoms with E-state index in [2.05, 4.69) is 16.9 Å². The smallest absolute Gasteiger partial charge is 0.238 e. The topological polar surface area (TPSA) is 41.1 Å². The molecule has 0 aromatic heterocycles. The molecule has 2 atom stereocenters. The Kier molecular flexibility index (Phi) is 5.86. The average Bonchev–Trinajstić information content (AvgIpc) is 2.48. The highest BCUT2D eigenvalue weighted by molar-refractivity contribution is 7.99. The predicted octanol–water partition coefficient (Wildman–Crippen LogP) is 3.03. The zero-order valence-electron chi connectivity index (χ0n) is 11.7. The number of nitrogens with one attached hydrogen (secondary N) is 2. The number of rotatable bonds is 5. The molecule has 2 unspecified atom stereocenters. The number of hydrogen-bond acceptors (Lipinski definition) is 3. The van der Waals surface area contributed by atoms with Gasteiger partial charge in [-0.05, 0) is 31.2 Å². The summed E-state index contributed by atoms with van der Waals surface area (Å²) >= 11 is 1.86. The Labute approximate surface area is 123 Å². The summed E-state index contributed by atoms with van der Waals surface area (Å²) in [4.78, 5) is 11.9. The van der Waals surface area contributed by atoms with Crippen LogP contribution in [0.1, 0.15) is 25.7 Å². The molecule has 1 amide bonds. The van der Waals surface area contributed by atoms with Crippen molar-refractivity contribution in [1.29, 1.82) is 0 Å². The lowest BCUT2D eigenvalue weighted by Crippen LogP contribution is -2.43. The van der Waals surface area contributed by atoms with Gasteiger partial charge < -0.3 is 10.6 Å². The molecule has 0 saturated heterocycles. The van der Waals surface area contributed by atoms with E-state index in [1.54, 1.807) is 18.2 Å². The van der Waals surface area contributed by atoms with Crippen molar-refractivity contribution in [3.8, 4) is 0 Å². The van der Waals surface area contributed by atoms with E-state index >= 15 is 0 Å².